The molecule has 1 aromatic carbocycles. The molecule has 0 saturated heterocycles. The first-order valence-corrected chi connectivity index (χ1v) is 11.0. The molecule has 0 radical (unpaired) electrons. The molecule has 27 heavy (non-hydrogen) atoms. The maximum Gasteiger partial charge on any atom is 0.185 e. The van der Waals surface area contributed by atoms with E-state index in [4.69, 9.17) is 0 Å². The lowest BCUT2D eigenvalue weighted by molar-refractivity contribution is 0.585. The zero-order valence-corrected chi connectivity index (χ0v) is 16.8. The number of hydrogen-bond donors (Lipinski definition) is 1. The molecule has 1 N–H and O–H groups in total. The van der Waals surface area contributed by atoms with Crippen LogP contribution in [0.25, 0.3) is 0 Å². The van der Waals surface area contributed by atoms with Gasteiger partial charge in [0, 0.05) is 23.4 Å². The van der Waals surface area contributed by atoms with E-state index in [-0.39, 0.29) is 6.04 Å². The highest BCUT2D eigenvalue weighted by Gasteiger charge is 2.32. The van der Waals surface area contributed by atoms with Gasteiger partial charge in [-0.3, -0.25) is 15.3 Å². The van der Waals surface area contributed by atoms with Crippen molar-refractivity contribution in [1.29, 1.82) is 0 Å². The molecule has 0 bridgehead atoms. The lowest BCUT2D eigenvalue weighted by Crippen LogP contribution is -2.28. The normalized spacial score (nSPS) is 22.4. The summed E-state index contributed by atoms with van der Waals surface area (Å²) in [6.45, 7) is 0.597. The topological polar surface area (TPSA) is 71.4 Å². The Hall–Kier alpha value is -2.09. The van der Waals surface area contributed by atoms with Crippen LogP contribution in [0.3, 0.4) is 0 Å². The van der Waals surface area contributed by atoms with E-state index < -0.39 is 15.1 Å². The molecule has 2 heterocycles. The third-order valence-electron chi connectivity index (χ3n) is 4.68. The number of nitrogens with zero attached hydrogens (tertiary/aromatic N) is 2. The lowest BCUT2D eigenvalue weighted by atomic mass is 9.94. The summed E-state index contributed by atoms with van der Waals surface area (Å²) in [7, 11) is -3.49. The van der Waals surface area contributed by atoms with Crippen LogP contribution in [-0.2, 0) is 9.84 Å². The van der Waals surface area contributed by atoms with E-state index in [2.05, 4.69) is 31.2 Å². The molecule has 4 rings (SSSR count). The number of nitrogens with one attached hydrogen (secondary N) is 1. The van der Waals surface area contributed by atoms with Crippen LogP contribution in [0.5, 0.6) is 0 Å². The summed E-state index contributed by atoms with van der Waals surface area (Å²) < 4.78 is 27.1. The molecule has 138 valence electrons. The van der Waals surface area contributed by atoms with Gasteiger partial charge in [-0.25, -0.2) is 8.42 Å². The highest BCUT2D eigenvalue weighted by Crippen LogP contribution is 2.35. The summed E-state index contributed by atoms with van der Waals surface area (Å²) in [5.41, 5.74) is 2.53. The smallest absolute Gasteiger partial charge is 0.185 e. The number of fused-ring (bicyclic) bond motifs is 1. The molecule has 2 aliphatic rings. The fourth-order valence-corrected chi connectivity index (χ4v) is 5.13. The second kappa shape index (κ2) is 7.50. The minimum absolute atomic E-state index is 0.192. The SMILES string of the molecule is O=S(=O)(c1ccc(Br)cc1)C1C=C2C(=CC1)N=CCNC2c1ccccn1. The van der Waals surface area contributed by atoms with Crippen LogP contribution in [0.4, 0.5) is 0 Å². The second-order valence-electron chi connectivity index (χ2n) is 6.39. The van der Waals surface area contributed by atoms with Gasteiger partial charge in [0.05, 0.1) is 27.6 Å². The van der Waals surface area contributed by atoms with Gasteiger partial charge in [0.15, 0.2) is 9.84 Å². The Bertz CT molecular complexity index is 1030. The van der Waals surface area contributed by atoms with Crippen molar-refractivity contribution in [3.8, 4) is 0 Å². The molecule has 1 aliphatic heterocycles. The highest BCUT2D eigenvalue weighted by atomic mass is 79.9. The number of allylic oxidation sites excluding steroid dienone is 1. The number of halogens is 1. The van der Waals surface area contributed by atoms with E-state index in [1.54, 1.807) is 30.5 Å². The van der Waals surface area contributed by atoms with Crippen LogP contribution in [0, 0.1) is 0 Å². The van der Waals surface area contributed by atoms with Crippen molar-refractivity contribution in [2.75, 3.05) is 6.54 Å². The third-order valence-corrected chi connectivity index (χ3v) is 7.27. The molecule has 0 saturated carbocycles. The lowest BCUT2D eigenvalue weighted by Gasteiger charge is -2.25. The molecule has 5 nitrogen and oxygen atoms in total. The fraction of sp³-hybridized carbons (Fsp3) is 0.200. The van der Waals surface area contributed by atoms with Crippen LogP contribution < -0.4 is 5.32 Å². The number of aliphatic imine (C=N–C) groups is 1. The number of sulfone groups is 1. The molecule has 0 amide bonds. The van der Waals surface area contributed by atoms with Gasteiger partial charge in [0.1, 0.15) is 0 Å². The van der Waals surface area contributed by atoms with Gasteiger partial charge in [-0.15, -0.1) is 0 Å². The number of rotatable bonds is 3. The van der Waals surface area contributed by atoms with Crippen LogP contribution in [-0.4, -0.2) is 31.4 Å². The summed E-state index contributed by atoms with van der Waals surface area (Å²) in [5.74, 6) is 0. The number of benzene rings is 1. The molecule has 2 atom stereocenters. The summed E-state index contributed by atoms with van der Waals surface area (Å²) >= 11 is 3.35. The largest absolute Gasteiger partial charge is 0.300 e. The summed E-state index contributed by atoms with van der Waals surface area (Å²) in [6.07, 6.45) is 7.71. The zero-order chi connectivity index (χ0) is 18.9. The summed E-state index contributed by atoms with van der Waals surface area (Å²) in [6, 6.07) is 12.3. The van der Waals surface area contributed by atoms with Crippen molar-refractivity contribution in [3.05, 3.63) is 82.3 Å². The standard InChI is InChI=1S/C20H18BrN3O2S/c21-14-4-6-15(7-5-14)27(25,26)16-8-9-18-17(13-16)20(24-12-11-23-18)19-3-1-2-10-22-19/h1-7,9-11,13,16,20,24H,8,12H2. The fourth-order valence-electron chi connectivity index (χ4n) is 3.32. The molecule has 0 fully saturated rings. The first kappa shape index (κ1) is 18.3. The Balaban J connectivity index is 1.74. The molecule has 2 unspecified atom stereocenters. The van der Waals surface area contributed by atoms with Crippen molar-refractivity contribution in [1.82, 2.24) is 10.3 Å². The van der Waals surface area contributed by atoms with E-state index in [0.29, 0.717) is 17.9 Å². The highest BCUT2D eigenvalue weighted by molar-refractivity contribution is 9.10. The summed E-state index contributed by atoms with van der Waals surface area (Å²) in [5, 5.41) is 2.77. The van der Waals surface area contributed by atoms with E-state index in [1.807, 2.05) is 36.6 Å². The monoisotopic (exact) mass is 443 g/mol. The first-order chi connectivity index (χ1) is 13.1. The molecular weight excluding hydrogens is 426 g/mol. The quantitative estimate of drug-likeness (QED) is 0.785. The Morgan fingerprint density at radius 2 is 1.93 bits per heavy atom. The zero-order valence-electron chi connectivity index (χ0n) is 14.4. The molecule has 1 aromatic heterocycles. The van der Waals surface area contributed by atoms with E-state index in [1.165, 1.54) is 0 Å². The predicted octanol–water partition coefficient (Wildman–Crippen LogP) is 3.62. The Labute approximate surface area is 167 Å². The Kier molecular flexibility index (Phi) is 5.08. The minimum atomic E-state index is -3.49. The van der Waals surface area contributed by atoms with Crippen LogP contribution in [0.2, 0.25) is 0 Å². The van der Waals surface area contributed by atoms with Crippen LogP contribution >= 0.6 is 15.9 Å². The van der Waals surface area contributed by atoms with E-state index >= 15 is 0 Å². The molecular formula is C20H18BrN3O2S. The molecule has 0 spiro atoms. The third kappa shape index (κ3) is 3.67. The van der Waals surface area contributed by atoms with Crippen LogP contribution in [0.1, 0.15) is 18.2 Å². The first-order valence-electron chi connectivity index (χ1n) is 8.64. The number of pyridine rings is 1. The Morgan fingerprint density at radius 1 is 1.11 bits per heavy atom. The van der Waals surface area contributed by atoms with Gasteiger partial charge in [0.25, 0.3) is 0 Å². The van der Waals surface area contributed by atoms with E-state index in [0.717, 1.165) is 21.4 Å². The molecule has 1 aliphatic carbocycles. The van der Waals surface area contributed by atoms with Gasteiger partial charge in [-0.2, -0.15) is 0 Å². The van der Waals surface area contributed by atoms with Gasteiger partial charge in [-0.1, -0.05) is 34.1 Å². The average molecular weight is 444 g/mol. The number of hydrogen-bond acceptors (Lipinski definition) is 5. The van der Waals surface area contributed by atoms with Crippen molar-refractivity contribution in [3.63, 3.8) is 0 Å². The van der Waals surface area contributed by atoms with E-state index in [9.17, 15) is 8.42 Å². The predicted molar refractivity (Wildman–Crippen MR) is 109 cm³/mol. The maximum absolute atomic E-state index is 13.1. The van der Waals surface area contributed by atoms with Gasteiger partial charge in [0.2, 0.25) is 0 Å². The molecule has 7 heteroatoms. The van der Waals surface area contributed by atoms with Gasteiger partial charge < -0.3 is 0 Å². The van der Waals surface area contributed by atoms with Crippen molar-refractivity contribution < 1.29 is 8.42 Å². The summed E-state index contributed by atoms with van der Waals surface area (Å²) in [4.78, 5) is 9.27. The van der Waals surface area contributed by atoms with Crippen LogP contribution in [0.15, 0.2) is 86.4 Å². The van der Waals surface area contributed by atoms with Crippen molar-refractivity contribution in [2.45, 2.75) is 22.6 Å². The minimum Gasteiger partial charge on any atom is -0.300 e. The Morgan fingerprint density at radius 3 is 2.67 bits per heavy atom. The maximum atomic E-state index is 13.1. The van der Waals surface area contributed by atoms with Crippen molar-refractivity contribution in [2.24, 2.45) is 4.99 Å². The van der Waals surface area contributed by atoms with Crippen molar-refractivity contribution >= 4 is 32.0 Å². The van der Waals surface area contributed by atoms with Gasteiger partial charge in [-0.05, 0) is 48.4 Å². The second-order valence-corrected chi connectivity index (χ2v) is 9.47. The van der Waals surface area contributed by atoms with Gasteiger partial charge >= 0.3 is 0 Å². The molecule has 2 aromatic rings. The number of aromatic nitrogens is 1. The average Bonchev–Trinajstić information content (AvgIpc) is 2.91.